The molecular formula is C12H12O3. The van der Waals surface area contributed by atoms with E-state index >= 15 is 0 Å². The number of hydrogen-bond acceptors (Lipinski definition) is 3. The Morgan fingerprint density at radius 3 is 2.93 bits per heavy atom. The van der Waals surface area contributed by atoms with Crippen molar-refractivity contribution in [1.82, 2.24) is 0 Å². The Morgan fingerprint density at radius 2 is 2.33 bits per heavy atom. The zero-order valence-corrected chi connectivity index (χ0v) is 8.26. The molecule has 0 saturated heterocycles. The molecule has 0 unspecified atom stereocenters. The van der Waals surface area contributed by atoms with Crippen molar-refractivity contribution in [3.8, 4) is 5.95 Å². The molecule has 0 amide bonds. The molecule has 0 aliphatic heterocycles. The summed E-state index contributed by atoms with van der Waals surface area (Å²) in [6.07, 6.45) is 7.89. The normalized spacial score (nSPS) is 32.1. The maximum absolute atomic E-state index is 11.8. The molecule has 1 heterocycles. The van der Waals surface area contributed by atoms with Crippen LogP contribution in [0.3, 0.4) is 0 Å². The smallest absolute Gasteiger partial charge is 0.317 e. The highest BCUT2D eigenvalue weighted by molar-refractivity contribution is 5.76. The number of hydrogen-bond donors (Lipinski definition) is 0. The fraction of sp³-hybridized carbons (Fsp3) is 0.417. The average Bonchev–Trinajstić information content (AvgIpc) is 2.93. The number of ether oxygens (including phenoxy) is 1. The molecule has 1 saturated carbocycles. The Balaban J connectivity index is 1.68. The van der Waals surface area contributed by atoms with Crippen LogP contribution in [0.1, 0.15) is 12.8 Å². The molecule has 0 N–H and O–H groups in total. The van der Waals surface area contributed by atoms with Gasteiger partial charge in [-0.05, 0) is 30.7 Å². The fourth-order valence-electron chi connectivity index (χ4n) is 2.55. The van der Waals surface area contributed by atoms with Gasteiger partial charge in [-0.3, -0.25) is 4.79 Å². The van der Waals surface area contributed by atoms with Gasteiger partial charge in [-0.15, -0.1) is 0 Å². The van der Waals surface area contributed by atoms with E-state index in [1.165, 1.54) is 6.26 Å². The van der Waals surface area contributed by atoms with Crippen molar-refractivity contribution in [2.45, 2.75) is 12.8 Å². The van der Waals surface area contributed by atoms with E-state index in [0.29, 0.717) is 17.8 Å². The van der Waals surface area contributed by atoms with Gasteiger partial charge < -0.3 is 9.15 Å². The van der Waals surface area contributed by atoms with Crippen molar-refractivity contribution >= 4 is 5.97 Å². The number of esters is 1. The molecule has 2 aliphatic carbocycles. The Hall–Kier alpha value is -1.51. The van der Waals surface area contributed by atoms with Gasteiger partial charge in [0.15, 0.2) is 0 Å². The van der Waals surface area contributed by atoms with E-state index in [4.69, 9.17) is 9.15 Å². The van der Waals surface area contributed by atoms with Crippen LogP contribution in [0.5, 0.6) is 5.95 Å². The van der Waals surface area contributed by atoms with Gasteiger partial charge in [0.25, 0.3) is 5.95 Å². The first-order chi connectivity index (χ1) is 7.33. The van der Waals surface area contributed by atoms with Gasteiger partial charge >= 0.3 is 5.97 Å². The van der Waals surface area contributed by atoms with E-state index in [0.717, 1.165) is 12.8 Å². The summed E-state index contributed by atoms with van der Waals surface area (Å²) in [5.74, 6) is 1.15. The standard InChI is InChI=1S/C12H12O3/c13-12(15-11-2-1-5-14-11)10-7-8-3-4-9(10)6-8/h1-5,8-10H,6-7H2/t8-,9-,10+/m1/s1. The number of rotatable bonds is 2. The zero-order chi connectivity index (χ0) is 10.3. The van der Waals surface area contributed by atoms with Gasteiger partial charge in [-0.25, -0.2) is 0 Å². The molecule has 2 aliphatic rings. The molecule has 1 aromatic rings. The van der Waals surface area contributed by atoms with Crippen LogP contribution < -0.4 is 4.74 Å². The summed E-state index contributed by atoms with van der Waals surface area (Å²) in [7, 11) is 0. The summed E-state index contributed by atoms with van der Waals surface area (Å²) < 4.78 is 10.1. The number of fused-ring (bicyclic) bond motifs is 2. The first-order valence-electron chi connectivity index (χ1n) is 5.26. The topological polar surface area (TPSA) is 39.4 Å². The maximum atomic E-state index is 11.8. The highest BCUT2D eigenvalue weighted by Crippen LogP contribution is 2.43. The van der Waals surface area contributed by atoms with Crippen LogP contribution in [-0.2, 0) is 4.79 Å². The molecule has 2 bridgehead atoms. The minimum Gasteiger partial charge on any atom is -0.434 e. The van der Waals surface area contributed by atoms with Crippen LogP contribution in [0, 0.1) is 17.8 Å². The minimum atomic E-state index is -0.151. The molecule has 0 radical (unpaired) electrons. The Morgan fingerprint density at radius 1 is 1.40 bits per heavy atom. The monoisotopic (exact) mass is 204 g/mol. The van der Waals surface area contributed by atoms with E-state index in [1.54, 1.807) is 12.1 Å². The van der Waals surface area contributed by atoms with Crippen molar-refractivity contribution in [2.75, 3.05) is 0 Å². The first-order valence-corrected chi connectivity index (χ1v) is 5.26. The average molecular weight is 204 g/mol. The molecule has 3 atom stereocenters. The summed E-state index contributed by atoms with van der Waals surface area (Å²) in [6.45, 7) is 0. The zero-order valence-electron chi connectivity index (χ0n) is 8.26. The van der Waals surface area contributed by atoms with Gasteiger partial charge in [-0.1, -0.05) is 12.2 Å². The number of furan rings is 1. The van der Waals surface area contributed by atoms with Crippen LogP contribution in [0.4, 0.5) is 0 Å². The number of carbonyl (C=O) groups excluding carboxylic acids is 1. The van der Waals surface area contributed by atoms with Gasteiger partial charge in [0.1, 0.15) is 0 Å². The second-order valence-corrected chi connectivity index (χ2v) is 4.24. The van der Waals surface area contributed by atoms with Crippen LogP contribution in [0.25, 0.3) is 0 Å². The van der Waals surface area contributed by atoms with Crippen molar-refractivity contribution in [3.63, 3.8) is 0 Å². The lowest BCUT2D eigenvalue weighted by atomic mass is 9.94. The Labute approximate surface area is 87.7 Å². The highest BCUT2D eigenvalue weighted by Gasteiger charge is 2.41. The molecule has 3 rings (SSSR count). The van der Waals surface area contributed by atoms with E-state index in [9.17, 15) is 4.79 Å². The largest absolute Gasteiger partial charge is 0.434 e. The van der Waals surface area contributed by atoms with Crippen LogP contribution in [0.15, 0.2) is 35.0 Å². The van der Waals surface area contributed by atoms with E-state index in [1.807, 2.05) is 0 Å². The predicted octanol–water partition coefficient (Wildman–Crippen LogP) is 2.40. The third kappa shape index (κ3) is 1.48. The quantitative estimate of drug-likeness (QED) is 0.548. The lowest BCUT2D eigenvalue weighted by Gasteiger charge is -2.14. The summed E-state index contributed by atoms with van der Waals surface area (Å²) in [4.78, 5) is 11.8. The van der Waals surface area contributed by atoms with Gasteiger partial charge in [0.2, 0.25) is 0 Å². The lowest BCUT2D eigenvalue weighted by molar-refractivity contribution is -0.141. The number of carbonyl (C=O) groups is 1. The molecule has 0 aromatic carbocycles. The summed E-state index contributed by atoms with van der Waals surface area (Å²) in [5, 5.41) is 0. The summed E-state index contributed by atoms with van der Waals surface area (Å²) in [6, 6.07) is 3.37. The minimum absolute atomic E-state index is 0.0325. The van der Waals surface area contributed by atoms with Crippen molar-refractivity contribution in [1.29, 1.82) is 0 Å². The second kappa shape index (κ2) is 3.26. The Bertz CT molecular complexity index is 391. The van der Waals surface area contributed by atoms with Crippen molar-refractivity contribution < 1.29 is 13.9 Å². The van der Waals surface area contributed by atoms with Crippen molar-refractivity contribution in [3.05, 3.63) is 30.5 Å². The fourth-order valence-corrected chi connectivity index (χ4v) is 2.55. The van der Waals surface area contributed by atoms with Crippen LogP contribution in [-0.4, -0.2) is 5.97 Å². The SMILES string of the molecule is O=C(Oc1ccco1)[C@H]1C[C@@H]2C=C[C@@H]1C2. The molecule has 78 valence electrons. The number of allylic oxidation sites excluding steroid dienone is 2. The third-order valence-corrected chi connectivity index (χ3v) is 3.28. The van der Waals surface area contributed by atoms with E-state index in [2.05, 4.69) is 12.2 Å². The Kier molecular flexibility index (Phi) is 1.91. The van der Waals surface area contributed by atoms with Crippen LogP contribution >= 0.6 is 0 Å². The first kappa shape index (κ1) is 8.77. The van der Waals surface area contributed by atoms with E-state index in [-0.39, 0.29) is 11.9 Å². The molecule has 0 spiro atoms. The van der Waals surface area contributed by atoms with Crippen LogP contribution in [0.2, 0.25) is 0 Å². The van der Waals surface area contributed by atoms with Gasteiger partial charge in [0, 0.05) is 6.07 Å². The molecule has 3 nitrogen and oxygen atoms in total. The lowest BCUT2D eigenvalue weighted by Crippen LogP contribution is -2.23. The molecule has 1 fully saturated rings. The van der Waals surface area contributed by atoms with E-state index < -0.39 is 0 Å². The predicted molar refractivity (Wildman–Crippen MR) is 53.2 cm³/mol. The summed E-state index contributed by atoms with van der Waals surface area (Å²) in [5.41, 5.74) is 0. The van der Waals surface area contributed by atoms with Gasteiger partial charge in [-0.2, -0.15) is 0 Å². The third-order valence-electron chi connectivity index (χ3n) is 3.28. The molecule has 1 aromatic heterocycles. The second-order valence-electron chi connectivity index (χ2n) is 4.24. The highest BCUT2D eigenvalue weighted by atomic mass is 16.6. The maximum Gasteiger partial charge on any atom is 0.317 e. The summed E-state index contributed by atoms with van der Waals surface area (Å²) >= 11 is 0. The molecule has 15 heavy (non-hydrogen) atoms. The molecular weight excluding hydrogens is 192 g/mol. The molecule has 3 heteroatoms. The van der Waals surface area contributed by atoms with Crippen molar-refractivity contribution in [2.24, 2.45) is 17.8 Å². The van der Waals surface area contributed by atoms with Gasteiger partial charge in [0.05, 0.1) is 12.2 Å².